The molecule has 0 aromatic heterocycles. The number of aliphatic hydroxyl groups excluding tert-OH is 1. The van der Waals surface area contributed by atoms with Gasteiger partial charge in [0.2, 0.25) is 3.79 Å². The number of rotatable bonds is 4. The zero-order valence-electron chi connectivity index (χ0n) is 7.60. The summed E-state index contributed by atoms with van der Waals surface area (Å²) in [5.74, 6) is 0. The molecule has 0 aromatic carbocycles. The summed E-state index contributed by atoms with van der Waals surface area (Å²) in [6, 6.07) is 0. The van der Waals surface area contributed by atoms with E-state index >= 15 is 0 Å². The van der Waals surface area contributed by atoms with Gasteiger partial charge < -0.3 is 9.84 Å². The molecule has 1 unspecified atom stereocenters. The van der Waals surface area contributed by atoms with E-state index in [1.807, 2.05) is 12.2 Å². The molecule has 0 aliphatic carbocycles. The largest absolute Gasteiger partial charge is 0.450 e. The van der Waals surface area contributed by atoms with E-state index in [-0.39, 0.29) is 6.61 Å². The summed E-state index contributed by atoms with van der Waals surface area (Å²) < 4.78 is 2.71. The molecule has 0 saturated carbocycles. The Balaban J connectivity index is 3.72. The SMILES string of the molecule is CCCCOC(=O)NC(O)C(Cl)(Cl)Cl. The number of carbonyl (C=O) groups is 1. The fourth-order valence-electron chi connectivity index (χ4n) is 0.544. The number of hydrogen-bond donors (Lipinski definition) is 2. The molecule has 84 valence electrons. The summed E-state index contributed by atoms with van der Waals surface area (Å²) in [7, 11) is 0. The number of ether oxygens (including phenoxy) is 1. The van der Waals surface area contributed by atoms with Gasteiger partial charge in [-0.15, -0.1) is 0 Å². The van der Waals surface area contributed by atoms with Crippen molar-refractivity contribution < 1.29 is 14.6 Å². The van der Waals surface area contributed by atoms with Crippen LogP contribution in [0.4, 0.5) is 4.79 Å². The monoisotopic (exact) mass is 263 g/mol. The topological polar surface area (TPSA) is 58.6 Å². The molecule has 0 rings (SSSR count). The zero-order chi connectivity index (χ0) is 11.2. The molecule has 2 N–H and O–H groups in total. The van der Waals surface area contributed by atoms with Crippen molar-refractivity contribution in [2.75, 3.05) is 6.61 Å². The summed E-state index contributed by atoms with van der Waals surface area (Å²) in [6.45, 7) is 2.23. The van der Waals surface area contributed by atoms with Gasteiger partial charge in [-0.2, -0.15) is 0 Å². The number of alkyl carbamates (subject to hydrolysis) is 1. The van der Waals surface area contributed by atoms with Crippen LogP contribution in [0.25, 0.3) is 0 Å². The van der Waals surface area contributed by atoms with Gasteiger partial charge in [0.25, 0.3) is 0 Å². The minimum absolute atomic E-state index is 0.273. The number of amides is 1. The van der Waals surface area contributed by atoms with Gasteiger partial charge in [0.05, 0.1) is 6.61 Å². The molecule has 0 radical (unpaired) electrons. The molecule has 0 saturated heterocycles. The van der Waals surface area contributed by atoms with Crippen molar-refractivity contribution in [1.82, 2.24) is 5.32 Å². The fourth-order valence-corrected chi connectivity index (χ4v) is 0.708. The van der Waals surface area contributed by atoms with Gasteiger partial charge in [0.1, 0.15) is 0 Å². The average molecular weight is 265 g/mol. The Kier molecular flexibility index (Phi) is 6.61. The van der Waals surface area contributed by atoms with Crippen molar-refractivity contribution in [3.8, 4) is 0 Å². The van der Waals surface area contributed by atoms with E-state index < -0.39 is 16.1 Å². The molecule has 0 aliphatic heterocycles. The van der Waals surface area contributed by atoms with Crippen LogP contribution in [0.3, 0.4) is 0 Å². The van der Waals surface area contributed by atoms with Gasteiger partial charge in [-0.25, -0.2) is 4.79 Å². The Morgan fingerprint density at radius 3 is 2.57 bits per heavy atom. The van der Waals surface area contributed by atoms with Gasteiger partial charge in [0.15, 0.2) is 6.23 Å². The molecule has 1 atom stereocenters. The van der Waals surface area contributed by atoms with E-state index in [2.05, 4.69) is 4.74 Å². The Hall–Kier alpha value is 0.1000. The van der Waals surface area contributed by atoms with Crippen molar-refractivity contribution in [3.63, 3.8) is 0 Å². The molecule has 4 nitrogen and oxygen atoms in total. The Labute approximate surface area is 97.5 Å². The summed E-state index contributed by atoms with van der Waals surface area (Å²) in [4.78, 5) is 10.9. The van der Waals surface area contributed by atoms with Gasteiger partial charge in [-0.1, -0.05) is 48.1 Å². The van der Waals surface area contributed by atoms with Crippen molar-refractivity contribution >= 4 is 40.9 Å². The van der Waals surface area contributed by atoms with Crippen LogP contribution >= 0.6 is 34.8 Å². The van der Waals surface area contributed by atoms with Gasteiger partial charge >= 0.3 is 6.09 Å². The Bertz CT molecular complexity index is 184. The molecule has 0 bridgehead atoms. The van der Waals surface area contributed by atoms with Crippen molar-refractivity contribution in [2.45, 2.75) is 29.8 Å². The van der Waals surface area contributed by atoms with Crippen molar-refractivity contribution in [2.24, 2.45) is 0 Å². The molecule has 0 aliphatic rings. The number of hydrogen-bond acceptors (Lipinski definition) is 3. The number of halogens is 3. The molecule has 0 aromatic rings. The molecular weight excluding hydrogens is 252 g/mol. The second-order valence-electron chi connectivity index (χ2n) is 2.58. The maximum Gasteiger partial charge on any atom is 0.409 e. The zero-order valence-corrected chi connectivity index (χ0v) is 9.86. The van der Waals surface area contributed by atoms with Crippen LogP contribution < -0.4 is 5.32 Å². The summed E-state index contributed by atoms with van der Waals surface area (Å²) >= 11 is 15.9. The first-order valence-corrected chi connectivity index (χ1v) is 5.19. The Morgan fingerprint density at radius 1 is 1.57 bits per heavy atom. The van der Waals surface area contributed by atoms with Gasteiger partial charge in [0, 0.05) is 0 Å². The highest BCUT2D eigenvalue weighted by Gasteiger charge is 2.32. The Morgan fingerprint density at radius 2 is 2.14 bits per heavy atom. The van der Waals surface area contributed by atoms with Crippen LogP contribution in [-0.2, 0) is 4.74 Å². The maximum atomic E-state index is 10.9. The van der Waals surface area contributed by atoms with Gasteiger partial charge in [-0.05, 0) is 6.42 Å². The van der Waals surface area contributed by atoms with Crippen LogP contribution in [0.1, 0.15) is 19.8 Å². The lowest BCUT2D eigenvalue weighted by Gasteiger charge is -2.19. The lowest BCUT2D eigenvalue weighted by atomic mass is 10.4. The van der Waals surface area contributed by atoms with Crippen LogP contribution in [0.15, 0.2) is 0 Å². The fraction of sp³-hybridized carbons (Fsp3) is 0.857. The second kappa shape index (κ2) is 6.56. The third-order valence-corrected chi connectivity index (χ3v) is 1.92. The summed E-state index contributed by atoms with van der Waals surface area (Å²) in [5, 5.41) is 11.1. The standard InChI is InChI=1S/C7H12Cl3NO3/c1-2-3-4-14-6(13)11-5(12)7(8,9)10/h5,12H,2-4H2,1H3,(H,11,13). The molecule has 0 spiro atoms. The first kappa shape index (κ1) is 14.1. The highest BCUT2D eigenvalue weighted by molar-refractivity contribution is 6.68. The van der Waals surface area contributed by atoms with Crippen molar-refractivity contribution in [3.05, 3.63) is 0 Å². The first-order valence-electron chi connectivity index (χ1n) is 4.06. The van der Waals surface area contributed by atoms with E-state index in [1.54, 1.807) is 0 Å². The molecule has 14 heavy (non-hydrogen) atoms. The minimum atomic E-state index is -1.95. The maximum absolute atomic E-state index is 10.9. The average Bonchev–Trinajstić information content (AvgIpc) is 2.03. The normalized spacial score (nSPS) is 13.5. The van der Waals surface area contributed by atoms with Gasteiger partial charge in [-0.3, -0.25) is 5.32 Å². The van der Waals surface area contributed by atoms with E-state index in [0.29, 0.717) is 0 Å². The number of alkyl halides is 3. The lowest BCUT2D eigenvalue weighted by molar-refractivity contribution is 0.0996. The van der Waals surface area contributed by atoms with Crippen LogP contribution in [0, 0.1) is 0 Å². The number of carbonyl (C=O) groups excluding carboxylic acids is 1. The third-order valence-electron chi connectivity index (χ3n) is 1.30. The molecule has 7 heteroatoms. The predicted octanol–water partition coefficient (Wildman–Crippen LogP) is 2.20. The van der Waals surface area contributed by atoms with E-state index in [0.717, 1.165) is 12.8 Å². The van der Waals surface area contributed by atoms with Crippen molar-refractivity contribution in [1.29, 1.82) is 0 Å². The minimum Gasteiger partial charge on any atom is -0.450 e. The van der Waals surface area contributed by atoms with E-state index in [4.69, 9.17) is 39.9 Å². The predicted molar refractivity (Wildman–Crippen MR) is 55.7 cm³/mol. The number of nitrogens with one attached hydrogen (secondary N) is 1. The van der Waals surface area contributed by atoms with Crippen LogP contribution in [0.5, 0.6) is 0 Å². The quantitative estimate of drug-likeness (QED) is 0.465. The highest BCUT2D eigenvalue weighted by atomic mass is 35.6. The van der Waals surface area contributed by atoms with Crippen LogP contribution in [-0.4, -0.2) is 27.8 Å². The summed E-state index contributed by atoms with van der Waals surface area (Å²) in [6.07, 6.45) is -0.740. The van der Waals surface area contributed by atoms with Crippen LogP contribution in [0.2, 0.25) is 0 Å². The lowest BCUT2D eigenvalue weighted by Crippen LogP contribution is -2.43. The number of unbranched alkanes of at least 4 members (excludes halogenated alkanes) is 1. The molecule has 0 heterocycles. The second-order valence-corrected chi connectivity index (χ2v) is 4.95. The van der Waals surface area contributed by atoms with E-state index in [9.17, 15) is 4.79 Å². The summed E-state index contributed by atoms with van der Waals surface area (Å²) in [5.41, 5.74) is 0. The number of aliphatic hydroxyl groups is 1. The third kappa shape index (κ3) is 6.54. The highest BCUT2D eigenvalue weighted by Crippen LogP contribution is 2.28. The molecular formula is C7H12Cl3NO3. The first-order chi connectivity index (χ1) is 6.38. The van der Waals surface area contributed by atoms with E-state index in [1.165, 1.54) is 0 Å². The smallest absolute Gasteiger partial charge is 0.409 e. The molecule has 1 amide bonds. The molecule has 0 fully saturated rings.